The Morgan fingerprint density at radius 3 is 2.40 bits per heavy atom. The zero-order valence-corrected chi connectivity index (χ0v) is 9.48. The molecule has 1 aliphatic heterocycles. The quantitative estimate of drug-likeness (QED) is 0.605. The highest BCUT2D eigenvalue weighted by Gasteiger charge is 2.06. The molecule has 6 nitrogen and oxygen atoms in total. The number of hydrogen-bond acceptors (Lipinski definition) is 4. The van der Waals surface area contributed by atoms with Gasteiger partial charge in [0.05, 0.1) is 6.67 Å². The standard InChI is InChI=1S/C7H15N3.FH2O3P/c1-9-5-6-10(7-9)4-2-3-8;1-5(2,3)4/h5-6H,2-4,7-8H2,1H3;(H2,2,3,4). The summed E-state index contributed by atoms with van der Waals surface area (Å²) in [6, 6.07) is 0. The van der Waals surface area contributed by atoms with E-state index in [4.69, 9.17) is 20.1 Å². The van der Waals surface area contributed by atoms with Crippen molar-refractivity contribution in [1.29, 1.82) is 0 Å². The maximum absolute atomic E-state index is 10.4. The molecule has 1 aliphatic rings. The third-order valence-corrected chi connectivity index (χ3v) is 1.59. The van der Waals surface area contributed by atoms with Gasteiger partial charge in [0.25, 0.3) is 0 Å². The van der Waals surface area contributed by atoms with Crippen molar-refractivity contribution in [2.45, 2.75) is 6.42 Å². The first-order chi connectivity index (χ1) is 6.83. The van der Waals surface area contributed by atoms with E-state index >= 15 is 0 Å². The van der Waals surface area contributed by atoms with Gasteiger partial charge < -0.3 is 15.5 Å². The molecule has 0 saturated carbocycles. The van der Waals surface area contributed by atoms with Crippen LogP contribution in [0.3, 0.4) is 0 Å². The van der Waals surface area contributed by atoms with Crippen molar-refractivity contribution in [3.8, 4) is 0 Å². The molecule has 0 fully saturated rings. The number of nitrogens with zero attached hydrogens (tertiary/aromatic N) is 2. The van der Waals surface area contributed by atoms with Crippen LogP contribution in [0.5, 0.6) is 0 Å². The second kappa shape index (κ2) is 6.79. The monoisotopic (exact) mass is 241 g/mol. The molecule has 15 heavy (non-hydrogen) atoms. The van der Waals surface area contributed by atoms with Crippen LogP contribution in [0.2, 0.25) is 0 Å². The van der Waals surface area contributed by atoms with Gasteiger partial charge in [-0.25, -0.2) is 4.57 Å². The van der Waals surface area contributed by atoms with Crippen LogP contribution in [0, 0.1) is 0 Å². The van der Waals surface area contributed by atoms with E-state index in [1.54, 1.807) is 0 Å². The summed E-state index contributed by atoms with van der Waals surface area (Å²) in [5.74, 6) is 0. The Morgan fingerprint density at radius 2 is 2.07 bits per heavy atom. The Balaban J connectivity index is 0.000000336. The number of nitrogens with two attached hydrogens (primary N) is 1. The summed E-state index contributed by atoms with van der Waals surface area (Å²) in [6.07, 6.45) is 5.27. The highest BCUT2D eigenvalue weighted by atomic mass is 31.2. The number of rotatable bonds is 3. The fourth-order valence-corrected chi connectivity index (χ4v) is 1.03. The van der Waals surface area contributed by atoms with Crippen molar-refractivity contribution >= 4 is 7.91 Å². The smallest absolute Gasteiger partial charge is 0.362 e. The van der Waals surface area contributed by atoms with Gasteiger partial charge in [-0.15, -0.1) is 4.20 Å². The summed E-state index contributed by atoms with van der Waals surface area (Å²) < 4.78 is 19.0. The van der Waals surface area contributed by atoms with Crippen molar-refractivity contribution in [3.63, 3.8) is 0 Å². The van der Waals surface area contributed by atoms with Crippen LogP contribution < -0.4 is 5.73 Å². The van der Waals surface area contributed by atoms with Gasteiger partial charge >= 0.3 is 7.91 Å². The molecule has 1 heterocycles. The molecular formula is C7H17FN3O3P. The maximum atomic E-state index is 10.4. The Morgan fingerprint density at radius 1 is 1.53 bits per heavy atom. The van der Waals surface area contributed by atoms with E-state index in [9.17, 15) is 4.20 Å². The number of halogens is 1. The minimum Gasteiger partial charge on any atom is -0.362 e. The summed E-state index contributed by atoms with van der Waals surface area (Å²) in [5, 5.41) is 0. The topological polar surface area (TPSA) is 90.0 Å². The lowest BCUT2D eigenvalue weighted by atomic mass is 10.4. The van der Waals surface area contributed by atoms with Crippen molar-refractivity contribution < 1.29 is 18.5 Å². The molecule has 0 unspecified atom stereocenters. The van der Waals surface area contributed by atoms with E-state index < -0.39 is 7.91 Å². The molecule has 1 rings (SSSR count). The molecule has 0 atom stereocenters. The summed E-state index contributed by atoms with van der Waals surface area (Å²) in [7, 11) is -3.07. The molecule has 0 aromatic heterocycles. The predicted molar refractivity (Wildman–Crippen MR) is 55.3 cm³/mol. The van der Waals surface area contributed by atoms with Crippen LogP contribution in [0.1, 0.15) is 6.42 Å². The fraction of sp³-hybridized carbons (Fsp3) is 0.714. The lowest BCUT2D eigenvalue weighted by Crippen LogP contribution is -2.24. The predicted octanol–water partition coefficient (Wildman–Crippen LogP) is 0.0599. The van der Waals surface area contributed by atoms with Gasteiger partial charge in [0.2, 0.25) is 0 Å². The Kier molecular flexibility index (Phi) is 6.51. The van der Waals surface area contributed by atoms with Crippen LogP contribution in [-0.2, 0) is 4.57 Å². The van der Waals surface area contributed by atoms with Gasteiger partial charge in [-0.2, -0.15) is 0 Å². The first-order valence-corrected chi connectivity index (χ1v) is 5.91. The Hall–Kier alpha value is -0.620. The largest absolute Gasteiger partial charge is 0.507 e. The highest BCUT2D eigenvalue weighted by Crippen LogP contribution is 2.34. The van der Waals surface area contributed by atoms with Crippen LogP contribution in [0.15, 0.2) is 12.4 Å². The Bertz CT molecular complexity index is 237. The van der Waals surface area contributed by atoms with Crippen molar-refractivity contribution in [3.05, 3.63) is 12.4 Å². The Labute approximate surface area is 88.4 Å². The first-order valence-electron chi connectivity index (χ1n) is 4.41. The van der Waals surface area contributed by atoms with Gasteiger partial charge in [0.1, 0.15) is 0 Å². The van der Waals surface area contributed by atoms with E-state index in [1.165, 1.54) is 0 Å². The van der Waals surface area contributed by atoms with E-state index in [2.05, 4.69) is 29.2 Å². The molecule has 90 valence electrons. The number of hydrogen-bond donors (Lipinski definition) is 3. The summed E-state index contributed by atoms with van der Waals surface area (Å²) in [6.45, 7) is 2.88. The van der Waals surface area contributed by atoms with Crippen molar-refractivity contribution in [2.75, 3.05) is 26.8 Å². The SMILES string of the molecule is CN1C=CN(CCCN)C1.O=P(O)(O)F. The molecular weight excluding hydrogens is 224 g/mol. The highest BCUT2D eigenvalue weighted by molar-refractivity contribution is 7.45. The maximum Gasteiger partial charge on any atom is 0.507 e. The lowest BCUT2D eigenvalue weighted by Gasteiger charge is -2.16. The summed E-state index contributed by atoms with van der Waals surface area (Å²) in [5.41, 5.74) is 5.38. The van der Waals surface area contributed by atoms with E-state index in [0.717, 1.165) is 26.2 Å². The minimum atomic E-state index is -5.14. The van der Waals surface area contributed by atoms with E-state index in [1.807, 2.05) is 0 Å². The van der Waals surface area contributed by atoms with Gasteiger partial charge in [0, 0.05) is 26.0 Å². The minimum absolute atomic E-state index is 0.786. The molecule has 0 bridgehead atoms. The molecule has 0 saturated heterocycles. The van der Waals surface area contributed by atoms with Crippen molar-refractivity contribution in [2.24, 2.45) is 5.73 Å². The first kappa shape index (κ1) is 14.4. The average Bonchev–Trinajstić information content (AvgIpc) is 2.45. The van der Waals surface area contributed by atoms with Crippen LogP contribution >= 0.6 is 7.91 Å². The third kappa shape index (κ3) is 11.3. The van der Waals surface area contributed by atoms with E-state index in [0.29, 0.717) is 0 Å². The third-order valence-electron chi connectivity index (χ3n) is 1.59. The molecule has 4 N–H and O–H groups in total. The zero-order valence-electron chi connectivity index (χ0n) is 8.58. The molecule has 0 radical (unpaired) electrons. The van der Waals surface area contributed by atoms with Gasteiger partial charge in [0.15, 0.2) is 0 Å². The van der Waals surface area contributed by atoms with E-state index in [-0.39, 0.29) is 0 Å². The van der Waals surface area contributed by atoms with Gasteiger partial charge in [-0.3, -0.25) is 9.79 Å². The van der Waals surface area contributed by atoms with Crippen molar-refractivity contribution in [1.82, 2.24) is 9.80 Å². The second-order valence-corrected chi connectivity index (χ2v) is 4.07. The molecule has 0 amide bonds. The normalized spacial score (nSPS) is 15.3. The summed E-state index contributed by atoms with van der Waals surface area (Å²) >= 11 is 0. The molecule has 0 aromatic rings. The lowest BCUT2D eigenvalue weighted by molar-refractivity contribution is 0.295. The summed E-state index contributed by atoms with van der Waals surface area (Å²) in [4.78, 5) is 18.3. The molecule has 0 aliphatic carbocycles. The molecule has 0 aromatic carbocycles. The fourth-order valence-electron chi connectivity index (χ4n) is 1.03. The van der Waals surface area contributed by atoms with Gasteiger partial charge in [-0.1, -0.05) is 0 Å². The van der Waals surface area contributed by atoms with Gasteiger partial charge in [-0.05, 0) is 13.0 Å². The zero-order chi connectivity index (χ0) is 11.9. The van der Waals surface area contributed by atoms with Crippen LogP contribution in [-0.4, -0.2) is 46.4 Å². The average molecular weight is 241 g/mol. The van der Waals surface area contributed by atoms with Crippen LogP contribution in [0.4, 0.5) is 4.20 Å². The van der Waals surface area contributed by atoms with Crippen LogP contribution in [0.25, 0.3) is 0 Å². The molecule has 8 heteroatoms. The second-order valence-electron chi connectivity index (χ2n) is 3.12. The molecule has 0 spiro atoms.